The summed E-state index contributed by atoms with van der Waals surface area (Å²) >= 11 is 0. The first-order valence-corrected chi connectivity index (χ1v) is 5.02. The Morgan fingerprint density at radius 3 is 2.25 bits per heavy atom. The number of carbonyl (C=O) groups excluding carboxylic acids is 2. The van der Waals surface area contributed by atoms with Crippen LogP contribution in [-0.4, -0.2) is 42.4 Å². The van der Waals surface area contributed by atoms with Crippen LogP contribution in [0, 0.1) is 0 Å². The summed E-state index contributed by atoms with van der Waals surface area (Å²) in [6, 6.07) is 0. The average Bonchev–Trinajstić information content (AvgIpc) is 1.98. The summed E-state index contributed by atoms with van der Waals surface area (Å²) in [5, 5.41) is 0. The molecule has 0 aromatic carbocycles. The van der Waals surface area contributed by atoms with Crippen LogP contribution in [0.4, 0.5) is 9.59 Å². The molecular weight excluding hydrogens is 212 g/mol. The van der Waals surface area contributed by atoms with E-state index in [-0.39, 0.29) is 6.54 Å². The molecule has 0 aromatic rings. The standard InChI is InChI=1S/C10H20N2O4/c1-7(15-8(11)13)6-12(5)9(14)16-10(2,3)4/h7H,6H2,1-5H3,(H2,11,13). The minimum atomic E-state index is -0.856. The van der Waals surface area contributed by atoms with Crippen molar-refractivity contribution in [3.05, 3.63) is 0 Å². The van der Waals surface area contributed by atoms with Crippen molar-refractivity contribution in [3.8, 4) is 0 Å². The van der Waals surface area contributed by atoms with Crippen molar-refractivity contribution in [2.24, 2.45) is 5.73 Å². The monoisotopic (exact) mass is 232 g/mol. The maximum atomic E-state index is 11.5. The third-order valence-electron chi connectivity index (χ3n) is 1.55. The van der Waals surface area contributed by atoms with Gasteiger partial charge in [0, 0.05) is 7.05 Å². The molecule has 0 spiro atoms. The molecule has 0 radical (unpaired) electrons. The van der Waals surface area contributed by atoms with Gasteiger partial charge in [0.15, 0.2) is 0 Å². The Morgan fingerprint density at radius 1 is 1.38 bits per heavy atom. The highest BCUT2D eigenvalue weighted by Gasteiger charge is 2.21. The number of hydrogen-bond donors (Lipinski definition) is 1. The number of ether oxygens (including phenoxy) is 2. The number of hydrogen-bond acceptors (Lipinski definition) is 4. The highest BCUT2D eigenvalue weighted by molar-refractivity contribution is 5.68. The molecule has 0 heterocycles. The summed E-state index contributed by atoms with van der Waals surface area (Å²) in [5.41, 5.74) is 4.31. The molecule has 2 amide bonds. The van der Waals surface area contributed by atoms with Crippen LogP contribution in [0.3, 0.4) is 0 Å². The molecular formula is C10H20N2O4. The van der Waals surface area contributed by atoms with Gasteiger partial charge in [-0.15, -0.1) is 0 Å². The van der Waals surface area contributed by atoms with Crippen molar-refractivity contribution in [1.29, 1.82) is 0 Å². The summed E-state index contributed by atoms with van der Waals surface area (Å²) in [7, 11) is 1.56. The van der Waals surface area contributed by atoms with Crippen LogP contribution < -0.4 is 5.73 Å². The summed E-state index contributed by atoms with van der Waals surface area (Å²) in [4.78, 5) is 23.3. The summed E-state index contributed by atoms with van der Waals surface area (Å²) in [6.07, 6.45) is -1.78. The summed E-state index contributed by atoms with van der Waals surface area (Å²) < 4.78 is 9.81. The van der Waals surface area contributed by atoms with E-state index in [0.29, 0.717) is 0 Å². The van der Waals surface area contributed by atoms with Gasteiger partial charge in [0.1, 0.15) is 11.7 Å². The second kappa shape index (κ2) is 5.58. The van der Waals surface area contributed by atoms with Crippen molar-refractivity contribution in [3.63, 3.8) is 0 Å². The smallest absolute Gasteiger partial charge is 0.410 e. The molecule has 0 fully saturated rings. The number of likely N-dealkylation sites (N-methyl/N-ethyl adjacent to an activating group) is 1. The Hall–Kier alpha value is -1.46. The van der Waals surface area contributed by atoms with Crippen molar-refractivity contribution in [2.75, 3.05) is 13.6 Å². The van der Waals surface area contributed by atoms with E-state index < -0.39 is 23.9 Å². The Labute approximate surface area is 95.7 Å². The predicted molar refractivity (Wildman–Crippen MR) is 59.0 cm³/mol. The Balaban J connectivity index is 4.10. The topological polar surface area (TPSA) is 81.9 Å². The Bertz CT molecular complexity index is 260. The SMILES string of the molecule is CC(CN(C)C(=O)OC(C)(C)C)OC(N)=O. The fourth-order valence-electron chi connectivity index (χ4n) is 1.04. The number of carbonyl (C=O) groups is 2. The number of primary amides is 1. The van der Waals surface area contributed by atoms with Crippen LogP contribution in [0.25, 0.3) is 0 Å². The minimum Gasteiger partial charge on any atom is -0.445 e. The van der Waals surface area contributed by atoms with E-state index in [1.807, 2.05) is 0 Å². The summed E-state index contributed by atoms with van der Waals surface area (Å²) in [5.74, 6) is 0. The van der Waals surface area contributed by atoms with Crippen LogP contribution in [-0.2, 0) is 9.47 Å². The second-order valence-electron chi connectivity index (χ2n) is 4.61. The van der Waals surface area contributed by atoms with Crippen LogP contribution in [0.2, 0.25) is 0 Å². The van der Waals surface area contributed by atoms with Gasteiger partial charge in [-0.1, -0.05) is 0 Å². The van der Waals surface area contributed by atoms with Crippen LogP contribution in [0.5, 0.6) is 0 Å². The zero-order chi connectivity index (χ0) is 12.9. The average molecular weight is 232 g/mol. The lowest BCUT2D eigenvalue weighted by atomic mass is 10.2. The van der Waals surface area contributed by atoms with Crippen LogP contribution >= 0.6 is 0 Å². The van der Waals surface area contributed by atoms with E-state index in [0.717, 1.165) is 0 Å². The predicted octanol–water partition coefficient (Wildman–Crippen LogP) is 1.34. The van der Waals surface area contributed by atoms with Crippen molar-refractivity contribution < 1.29 is 19.1 Å². The van der Waals surface area contributed by atoms with Gasteiger partial charge in [-0.05, 0) is 27.7 Å². The normalized spacial score (nSPS) is 12.8. The molecule has 0 saturated carbocycles. The number of rotatable bonds is 3. The quantitative estimate of drug-likeness (QED) is 0.796. The highest BCUT2D eigenvalue weighted by Crippen LogP contribution is 2.09. The molecule has 0 aliphatic heterocycles. The lowest BCUT2D eigenvalue weighted by Gasteiger charge is -2.26. The second-order valence-corrected chi connectivity index (χ2v) is 4.61. The molecule has 94 valence electrons. The van der Waals surface area contributed by atoms with Crippen LogP contribution in [0.1, 0.15) is 27.7 Å². The van der Waals surface area contributed by atoms with E-state index >= 15 is 0 Å². The molecule has 2 N–H and O–H groups in total. The Kier molecular flexibility index (Phi) is 5.07. The van der Waals surface area contributed by atoms with Gasteiger partial charge in [-0.25, -0.2) is 9.59 Å². The van der Waals surface area contributed by atoms with Gasteiger partial charge in [0.25, 0.3) is 0 Å². The largest absolute Gasteiger partial charge is 0.445 e. The maximum Gasteiger partial charge on any atom is 0.410 e. The molecule has 6 heteroatoms. The maximum absolute atomic E-state index is 11.5. The molecule has 0 bridgehead atoms. The van der Waals surface area contributed by atoms with E-state index in [2.05, 4.69) is 0 Å². The molecule has 0 rings (SSSR count). The van der Waals surface area contributed by atoms with Gasteiger partial charge in [-0.3, -0.25) is 0 Å². The van der Waals surface area contributed by atoms with E-state index in [1.54, 1.807) is 34.7 Å². The third-order valence-corrected chi connectivity index (χ3v) is 1.55. The number of nitrogens with two attached hydrogens (primary N) is 1. The lowest BCUT2D eigenvalue weighted by Crippen LogP contribution is -2.39. The van der Waals surface area contributed by atoms with Crippen molar-refractivity contribution in [1.82, 2.24) is 4.90 Å². The molecule has 0 aliphatic carbocycles. The van der Waals surface area contributed by atoms with E-state index in [1.165, 1.54) is 4.90 Å². The van der Waals surface area contributed by atoms with Gasteiger partial charge >= 0.3 is 12.2 Å². The zero-order valence-corrected chi connectivity index (χ0v) is 10.4. The number of nitrogens with zero attached hydrogens (tertiary/aromatic N) is 1. The Morgan fingerprint density at radius 2 is 1.88 bits per heavy atom. The first-order valence-electron chi connectivity index (χ1n) is 5.02. The van der Waals surface area contributed by atoms with Gasteiger partial charge in [-0.2, -0.15) is 0 Å². The minimum absolute atomic E-state index is 0.234. The third kappa shape index (κ3) is 6.92. The molecule has 1 unspecified atom stereocenters. The molecule has 0 saturated heterocycles. The van der Waals surface area contributed by atoms with Gasteiger partial charge < -0.3 is 20.1 Å². The van der Waals surface area contributed by atoms with Gasteiger partial charge in [0.05, 0.1) is 6.54 Å². The molecule has 1 atom stereocenters. The van der Waals surface area contributed by atoms with Gasteiger partial charge in [0.2, 0.25) is 0 Å². The van der Waals surface area contributed by atoms with Crippen molar-refractivity contribution in [2.45, 2.75) is 39.4 Å². The molecule has 16 heavy (non-hydrogen) atoms. The first kappa shape index (κ1) is 14.5. The fraction of sp³-hybridized carbons (Fsp3) is 0.800. The van der Waals surface area contributed by atoms with Crippen molar-refractivity contribution >= 4 is 12.2 Å². The summed E-state index contributed by atoms with van der Waals surface area (Å²) in [6.45, 7) is 7.22. The van der Waals surface area contributed by atoms with E-state index in [9.17, 15) is 9.59 Å². The molecule has 0 aromatic heterocycles. The van der Waals surface area contributed by atoms with E-state index in [4.69, 9.17) is 15.2 Å². The molecule has 0 aliphatic rings. The number of amides is 2. The molecule has 6 nitrogen and oxygen atoms in total. The highest BCUT2D eigenvalue weighted by atomic mass is 16.6. The van der Waals surface area contributed by atoms with Crippen LogP contribution in [0.15, 0.2) is 0 Å². The first-order chi connectivity index (χ1) is 7.11. The lowest BCUT2D eigenvalue weighted by molar-refractivity contribution is 0.0199. The zero-order valence-electron chi connectivity index (χ0n) is 10.4. The fourth-order valence-corrected chi connectivity index (χ4v) is 1.04.